The van der Waals surface area contributed by atoms with Gasteiger partial charge in [0.15, 0.2) is 17.3 Å². The maximum Gasteiger partial charge on any atom is 0.228 e. The van der Waals surface area contributed by atoms with E-state index in [-0.39, 0.29) is 11.3 Å². The van der Waals surface area contributed by atoms with Crippen LogP contribution in [0.15, 0.2) is 48.5 Å². The van der Waals surface area contributed by atoms with Crippen LogP contribution in [0.2, 0.25) is 0 Å². The lowest BCUT2D eigenvalue weighted by atomic mass is 10.1. The highest BCUT2D eigenvalue weighted by Crippen LogP contribution is 2.34. The van der Waals surface area contributed by atoms with Gasteiger partial charge >= 0.3 is 0 Å². The van der Waals surface area contributed by atoms with Crippen molar-refractivity contribution in [2.45, 2.75) is 25.8 Å². The van der Waals surface area contributed by atoms with Gasteiger partial charge in [-0.25, -0.2) is 18.4 Å². The molecule has 2 N–H and O–H groups in total. The second-order valence-electron chi connectivity index (χ2n) is 7.75. The highest BCUT2D eigenvalue weighted by molar-refractivity contribution is 5.99. The zero-order valence-electron chi connectivity index (χ0n) is 16.9. The van der Waals surface area contributed by atoms with Crippen molar-refractivity contribution < 1.29 is 8.78 Å². The van der Waals surface area contributed by atoms with Crippen LogP contribution in [0.5, 0.6) is 0 Å². The third-order valence-electron chi connectivity index (χ3n) is 5.65. The molecule has 4 aromatic rings. The highest BCUT2D eigenvalue weighted by Gasteiger charge is 2.24. The number of hydrogen-bond acceptors (Lipinski definition) is 5. The summed E-state index contributed by atoms with van der Waals surface area (Å²) >= 11 is 0. The van der Waals surface area contributed by atoms with E-state index < -0.39 is 11.6 Å². The van der Waals surface area contributed by atoms with Gasteiger partial charge in [-0.15, -0.1) is 5.10 Å². The molecule has 1 saturated heterocycles. The molecule has 1 aliphatic heterocycles. The van der Waals surface area contributed by atoms with Crippen LogP contribution in [-0.4, -0.2) is 32.8 Å². The Morgan fingerprint density at radius 2 is 1.68 bits per heavy atom. The fourth-order valence-electron chi connectivity index (χ4n) is 4.04. The van der Waals surface area contributed by atoms with Gasteiger partial charge in [-0.1, -0.05) is 36.4 Å². The molecule has 158 valence electrons. The lowest BCUT2D eigenvalue weighted by molar-refractivity contribution is 0.511. The summed E-state index contributed by atoms with van der Waals surface area (Å²) < 4.78 is 30.4. The van der Waals surface area contributed by atoms with Crippen LogP contribution >= 0.6 is 0 Å². The monoisotopic (exact) mass is 420 g/mol. The summed E-state index contributed by atoms with van der Waals surface area (Å²) in [6, 6.07) is 13.8. The number of nitrogens with zero attached hydrogens (tertiary/aromatic N) is 5. The number of halogens is 2. The van der Waals surface area contributed by atoms with Gasteiger partial charge in [0.1, 0.15) is 5.82 Å². The van der Waals surface area contributed by atoms with E-state index in [1.165, 1.54) is 12.1 Å². The fraction of sp³-hybridized carbons (Fsp3) is 0.261. The predicted octanol–water partition coefficient (Wildman–Crippen LogP) is 4.39. The molecular formula is C23H22F2N6. The van der Waals surface area contributed by atoms with Crippen molar-refractivity contribution in [3.05, 3.63) is 65.7 Å². The Morgan fingerprint density at radius 3 is 2.45 bits per heavy atom. The molecule has 6 nitrogen and oxygen atoms in total. The minimum Gasteiger partial charge on any atom is -0.383 e. The largest absolute Gasteiger partial charge is 0.383 e. The first-order chi connectivity index (χ1) is 15.1. The highest BCUT2D eigenvalue weighted by atomic mass is 19.2. The Kier molecular flexibility index (Phi) is 4.97. The second-order valence-corrected chi connectivity index (χ2v) is 7.75. The average molecular weight is 420 g/mol. The first kappa shape index (κ1) is 19.4. The minimum absolute atomic E-state index is 0.0524. The molecule has 0 bridgehead atoms. The topological polar surface area (TPSA) is 72.9 Å². The van der Waals surface area contributed by atoms with E-state index in [1.807, 2.05) is 30.3 Å². The third kappa shape index (κ3) is 3.58. The van der Waals surface area contributed by atoms with Crippen molar-refractivity contribution in [1.29, 1.82) is 0 Å². The summed E-state index contributed by atoms with van der Waals surface area (Å²) in [7, 11) is 0. The summed E-state index contributed by atoms with van der Waals surface area (Å²) in [5, 5.41) is 5.03. The van der Waals surface area contributed by atoms with Crippen molar-refractivity contribution >= 4 is 22.8 Å². The number of nitrogens with two attached hydrogens (primary N) is 1. The number of piperidine rings is 1. The van der Waals surface area contributed by atoms with Gasteiger partial charge in [0.2, 0.25) is 5.95 Å². The number of anilines is 2. The van der Waals surface area contributed by atoms with E-state index >= 15 is 0 Å². The van der Waals surface area contributed by atoms with E-state index in [4.69, 9.17) is 5.73 Å². The zero-order valence-corrected chi connectivity index (χ0v) is 16.9. The SMILES string of the molecule is Nc1c2c(-c3cccc(F)c3F)nc(N3CCCCC3)nc2nn1Cc1ccccc1. The van der Waals surface area contributed by atoms with Gasteiger partial charge in [0.05, 0.1) is 17.6 Å². The molecule has 0 atom stereocenters. The van der Waals surface area contributed by atoms with E-state index in [0.29, 0.717) is 29.3 Å². The van der Waals surface area contributed by atoms with Crippen LogP contribution in [0.3, 0.4) is 0 Å². The van der Waals surface area contributed by atoms with Crippen LogP contribution in [-0.2, 0) is 6.54 Å². The van der Waals surface area contributed by atoms with Gasteiger partial charge in [-0.05, 0) is 37.0 Å². The zero-order chi connectivity index (χ0) is 21.4. The van der Waals surface area contributed by atoms with Crippen LogP contribution in [0.4, 0.5) is 20.5 Å². The number of fused-ring (bicyclic) bond motifs is 1. The summed E-state index contributed by atoms with van der Waals surface area (Å²) in [6.07, 6.45) is 3.23. The maximum atomic E-state index is 14.8. The molecule has 8 heteroatoms. The fourth-order valence-corrected chi connectivity index (χ4v) is 4.04. The molecule has 0 radical (unpaired) electrons. The molecule has 31 heavy (non-hydrogen) atoms. The second kappa shape index (κ2) is 7.94. The number of hydrogen-bond donors (Lipinski definition) is 1. The number of aromatic nitrogens is 4. The van der Waals surface area contributed by atoms with Gasteiger partial charge in [-0.3, -0.25) is 0 Å². The van der Waals surface area contributed by atoms with Crippen LogP contribution in [0, 0.1) is 11.6 Å². The van der Waals surface area contributed by atoms with Crippen LogP contribution < -0.4 is 10.6 Å². The van der Waals surface area contributed by atoms with Crippen molar-refractivity contribution in [2.24, 2.45) is 0 Å². The molecule has 0 spiro atoms. The van der Waals surface area contributed by atoms with Crippen LogP contribution in [0.25, 0.3) is 22.3 Å². The maximum absolute atomic E-state index is 14.8. The Labute approximate surface area is 178 Å². The molecule has 1 aliphatic rings. The number of nitrogen functional groups attached to an aromatic ring is 1. The van der Waals surface area contributed by atoms with Gasteiger partial charge < -0.3 is 10.6 Å². The van der Waals surface area contributed by atoms with Crippen molar-refractivity contribution in [3.63, 3.8) is 0 Å². The van der Waals surface area contributed by atoms with Crippen molar-refractivity contribution in [1.82, 2.24) is 19.7 Å². The molecule has 0 amide bonds. The van der Waals surface area contributed by atoms with E-state index in [1.54, 1.807) is 4.68 Å². The summed E-state index contributed by atoms with van der Waals surface area (Å²) in [5.41, 5.74) is 8.14. The Balaban J connectivity index is 1.70. The van der Waals surface area contributed by atoms with E-state index in [2.05, 4.69) is 20.0 Å². The van der Waals surface area contributed by atoms with Gasteiger partial charge in [-0.2, -0.15) is 4.98 Å². The lowest BCUT2D eigenvalue weighted by Gasteiger charge is -2.26. The lowest BCUT2D eigenvalue weighted by Crippen LogP contribution is -2.31. The molecule has 5 rings (SSSR count). The normalized spacial score (nSPS) is 14.3. The average Bonchev–Trinajstić information content (AvgIpc) is 3.11. The van der Waals surface area contributed by atoms with E-state index in [9.17, 15) is 8.78 Å². The quantitative estimate of drug-likeness (QED) is 0.530. The molecule has 0 aliphatic carbocycles. The molecule has 1 fully saturated rings. The standard InChI is InChI=1S/C23H22F2N6/c24-17-11-7-10-16(19(17)25)20-18-21(26)31(14-15-8-3-1-4-9-15)29-22(18)28-23(27-20)30-12-5-2-6-13-30/h1,3-4,7-11H,2,5-6,12-14,26H2. The first-order valence-electron chi connectivity index (χ1n) is 10.4. The summed E-state index contributed by atoms with van der Waals surface area (Å²) in [4.78, 5) is 11.4. The first-order valence-corrected chi connectivity index (χ1v) is 10.4. The molecule has 0 unspecified atom stereocenters. The van der Waals surface area contributed by atoms with E-state index in [0.717, 1.165) is 44.0 Å². The Morgan fingerprint density at radius 1 is 0.903 bits per heavy atom. The number of rotatable bonds is 4. The predicted molar refractivity (Wildman–Crippen MR) is 117 cm³/mol. The molecule has 2 aromatic heterocycles. The molecule has 3 heterocycles. The molecule has 2 aromatic carbocycles. The minimum atomic E-state index is -0.956. The molecule has 0 saturated carbocycles. The Bertz CT molecular complexity index is 1230. The van der Waals surface area contributed by atoms with Crippen molar-refractivity contribution in [2.75, 3.05) is 23.7 Å². The number of benzene rings is 2. The van der Waals surface area contributed by atoms with Gasteiger partial charge in [0, 0.05) is 18.7 Å². The van der Waals surface area contributed by atoms with Crippen molar-refractivity contribution in [3.8, 4) is 11.3 Å². The summed E-state index contributed by atoms with van der Waals surface area (Å²) in [5.74, 6) is -1.10. The summed E-state index contributed by atoms with van der Waals surface area (Å²) in [6.45, 7) is 2.07. The smallest absolute Gasteiger partial charge is 0.228 e. The molecular weight excluding hydrogens is 398 g/mol. The Hall–Kier alpha value is -3.55. The third-order valence-corrected chi connectivity index (χ3v) is 5.65. The van der Waals surface area contributed by atoms with Gasteiger partial charge in [0.25, 0.3) is 0 Å². The van der Waals surface area contributed by atoms with Crippen LogP contribution in [0.1, 0.15) is 24.8 Å².